The van der Waals surface area contributed by atoms with E-state index in [4.69, 9.17) is 9.47 Å². The summed E-state index contributed by atoms with van der Waals surface area (Å²) in [5, 5.41) is 0. The molecule has 0 fully saturated rings. The van der Waals surface area contributed by atoms with Gasteiger partial charge in [-0.2, -0.15) is 0 Å². The molecular weight excluding hydrogens is 192 g/mol. The zero-order chi connectivity index (χ0) is 11.5. The van der Waals surface area contributed by atoms with E-state index in [-0.39, 0.29) is 12.6 Å². The summed E-state index contributed by atoms with van der Waals surface area (Å²) in [5.41, 5.74) is 0. The number of hydrogen-bond acceptors (Lipinski definition) is 3. The first kappa shape index (κ1) is 14.4. The van der Waals surface area contributed by atoms with Gasteiger partial charge in [-0.1, -0.05) is 33.1 Å². The smallest absolute Gasteiger partial charge is 0.332 e. The highest BCUT2D eigenvalue weighted by atomic mass is 16.6. The predicted octanol–water partition coefficient (Wildman–Crippen LogP) is 2.78. The number of hydrogen-bond donors (Lipinski definition) is 0. The molecule has 3 nitrogen and oxygen atoms in total. The average Bonchev–Trinajstić information content (AvgIpc) is 2.23. The van der Waals surface area contributed by atoms with Gasteiger partial charge >= 0.3 is 5.97 Å². The van der Waals surface area contributed by atoms with Crippen LogP contribution in [-0.4, -0.2) is 25.8 Å². The number of carbonyl (C=O) groups is 1. The number of rotatable bonds is 9. The highest BCUT2D eigenvalue weighted by Crippen LogP contribution is 2.12. The highest BCUT2D eigenvalue weighted by molar-refractivity contribution is 5.70. The van der Waals surface area contributed by atoms with Gasteiger partial charge in [-0.25, -0.2) is 4.79 Å². The molecule has 0 aliphatic heterocycles. The lowest BCUT2D eigenvalue weighted by molar-refractivity contribution is -0.148. The zero-order valence-electron chi connectivity index (χ0n) is 10.3. The summed E-state index contributed by atoms with van der Waals surface area (Å²) in [6.07, 6.45) is 4.76. The Labute approximate surface area is 93.1 Å². The van der Waals surface area contributed by atoms with Crippen molar-refractivity contribution in [1.29, 1.82) is 0 Å². The van der Waals surface area contributed by atoms with Gasteiger partial charge in [-0.3, -0.25) is 0 Å². The van der Waals surface area contributed by atoms with Crippen molar-refractivity contribution in [3.63, 3.8) is 0 Å². The van der Waals surface area contributed by atoms with Crippen molar-refractivity contribution >= 4 is 5.97 Å². The molecule has 90 valence electrons. The summed E-state index contributed by atoms with van der Waals surface area (Å²) in [5.74, 6) is 0.322. The third-order valence-electron chi connectivity index (χ3n) is 2.42. The van der Waals surface area contributed by atoms with Crippen molar-refractivity contribution < 1.29 is 14.3 Å². The second kappa shape index (κ2) is 9.97. The van der Waals surface area contributed by atoms with Gasteiger partial charge in [-0.05, 0) is 19.3 Å². The van der Waals surface area contributed by atoms with E-state index in [1.54, 1.807) is 6.92 Å². The fourth-order valence-electron chi connectivity index (χ4n) is 1.41. The summed E-state index contributed by atoms with van der Waals surface area (Å²) in [6.45, 7) is 7.34. The molecule has 1 atom stereocenters. The summed E-state index contributed by atoms with van der Waals surface area (Å²) >= 11 is 0. The van der Waals surface area contributed by atoms with Crippen molar-refractivity contribution in [2.24, 2.45) is 5.92 Å². The fourth-order valence-corrected chi connectivity index (χ4v) is 1.41. The maximum absolute atomic E-state index is 11.0. The number of carbonyl (C=O) groups excluding carboxylic acids is 1. The molecule has 1 unspecified atom stereocenters. The molecule has 0 N–H and O–H groups in total. The molecule has 0 aromatic heterocycles. The van der Waals surface area contributed by atoms with Crippen LogP contribution in [0, 0.1) is 5.92 Å². The van der Waals surface area contributed by atoms with Gasteiger partial charge in [0.05, 0.1) is 13.2 Å². The lowest BCUT2D eigenvalue weighted by Crippen LogP contribution is -2.16. The van der Waals surface area contributed by atoms with Gasteiger partial charge in [0.15, 0.2) is 0 Å². The summed E-state index contributed by atoms with van der Waals surface area (Å²) in [6, 6.07) is 0. The summed E-state index contributed by atoms with van der Waals surface area (Å²) in [7, 11) is 0. The lowest BCUT2D eigenvalue weighted by Gasteiger charge is -2.14. The molecule has 0 heterocycles. The van der Waals surface area contributed by atoms with E-state index in [0.717, 1.165) is 6.42 Å². The van der Waals surface area contributed by atoms with Crippen molar-refractivity contribution in [1.82, 2.24) is 0 Å². The Morgan fingerprint density at radius 1 is 1.27 bits per heavy atom. The molecular formula is C12H24O3. The molecule has 0 rings (SSSR count). The molecule has 0 aliphatic rings. The minimum atomic E-state index is -0.261. The first-order chi connectivity index (χ1) is 7.24. The van der Waals surface area contributed by atoms with E-state index in [0.29, 0.717) is 19.1 Å². The van der Waals surface area contributed by atoms with E-state index >= 15 is 0 Å². The zero-order valence-corrected chi connectivity index (χ0v) is 10.3. The van der Waals surface area contributed by atoms with Crippen LogP contribution >= 0.6 is 0 Å². The molecule has 0 amide bonds. The van der Waals surface area contributed by atoms with E-state index in [1.165, 1.54) is 19.3 Å². The second-order valence-corrected chi connectivity index (χ2v) is 3.74. The molecule has 0 aliphatic carbocycles. The molecule has 0 aromatic carbocycles. The Balaban J connectivity index is 3.49. The van der Waals surface area contributed by atoms with Crippen LogP contribution in [0.15, 0.2) is 0 Å². The minimum absolute atomic E-state index is 0.0937. The van der Waals surface area contributed by atoms with Crippen LogP contribution in [0.4, 0.5) is 0 Å². The Hall–Kier alpha value is -0.570. The van der Waals surface area contributed by atoms with E-state index in [1.807, 2.05) is 0 Å². The minimum Gasteiger partial charge on any atom is -0.464 e. The summed E-state index contributed by atoms with van der Waals surface area (Å²) < 4.78 is 10.1. The summed E-state index contributed by atoms with van der Waals surface area (Å²) in [4.78, 5) is 11.0. The van der Waals surface area contributed by atoms with E-state index < -0.39 is 0 Å². The van der Waals surface area contributed by atoms with Crippen molar-refractivity contribution in [3.05, 3.63) is 0 Å². The fraction of sp³-hybridized carbons (Fsp3) is 0.917. The molecule has 0 aromatic rings. The molecule has 0 saturated heterocycles. The van der Waals surface area contributed by atoms with Gasteiger partial charge in [0.25, 0.3) is 0 Å². The van der Waals surface area contributed by atoms with Gasteiger partial charge in [0, 0.05) is 0 Å². The predicted molar refractivity (Wildman–Crippen MR) is 60.8 cm³/mol. The maximum atomic E-state index is 11.0. The second-order valence-electron chi connectivity index (χ2n) is 3.74. The molecule has 15 heavy (non-hydrogen) atoms. The van der Waals surface area contributed by atoms with Crippen LogP contribution in [0.2, 0.25) is 0 Å². The largest absolute Gasteiger partial charge is 0.464 e. The Bertz CT molecular complexity index is 157. The van der Waals surface area contributed by atoms with Crippen molar-refractivity contribution in [3.8, 4) is 0 Å². The van der Waals surface area contributed by atoms with Crippen LogP contribution in [0.5, 0.6) is 0 Å². The molecule has 0 spiro atoms. The van der Waals surface area contributed by atoms with Gasteiger partial charge < -0.3 is 9.47 Å². The molecule has 0 saturated carbocycles. The first-order valence-corrected chi connectivity index (χ1v) is 5.97. The van der Waals surface area contributed by atoms with Gasteiger partial charge in [-0.15, -0.1) is 0 Å². The normalized spacial score (nSPS) is 12.5. The molecule has 0 bridgehead atoms. The third-order valence-corrected chi connectivity index (χ3v) is 2.42. The lowest BCUT2D eigenvalue weighted by atomic mass is 10.0. The topological polar surface area (TPSA) is 35.5 Å². The highest BCUT2D eigenvalue weighted by Gasteiger charge is 2.08. The first-order valence-electron chi connectivity index (χ1n) is 5.97. The van der Waals surface area contributed by atoms with Crippen LogP contribution in [0.3, 0.4) is 0 Å². The van der Waals surface area contributed by atoms with E-state index in [2.05, 4.69) is 13.8 Å². The number of ether oxygens (including phenoxy) is 2. The SMILES string of the molecule is CCCCC(CC)COCC(=O)OCC. The van der Waals surface area contributed by atoms with Gasteiger partial charge in [0.1, 0.15) is 6.61 Å². The Morgan fingerprint density at radius 2 is 2.00 bits per heavy atom. The molecule has 3 heteroatoms. The van der Waals surface area contributed by atoms with Crippen molar-refractivity contribution in [2.75, 3.05) is 19.8 Å². The number of esters is 1. The van der Waals surface area contributed by atoms with Crippen LogP contribution in [0.1, 0.15) is 46.5 Å². The van der Waals surface area contributed by atoms with Crippen molar-refractivity contribution in [2.45, 2.75) is 46.5 Å². The third kappa shape index (κ3) is 8.43. The Kier molecular flexibility index (Phi) is 9.59. The maximum Gasteiger partial charge on any atom is 0.332 e. The van der Waals surface area contributed by atoms with Crippen LogP contribution < -0.4 is 0 Å². The molecule has 0 radical (unpaired) electrons. The Morgan fingerprint density at radius 3 is 2.53 bits per heavy atom. The van der Waals surface area contributed by atoms with Crippen LogP contribution in [-0.2, 0) is 14.3 Å². The standard InChI is InChI=1S/C12H24O3/c1-4-7-8-11(5-2)9-14-10-12(13)15-6-3/h11H,4-10H2,1-3H3. The average molecular weight is 216 g/mol. The quantitative estimate of drug-likeness (QED) is 0.556. The van der Waals surface area contributed by atoms with E-state index in [9.17, 15) is 4.79 Å². The number of unbranched alkanes of at least 4 members (excludes halogenated alkanes) is 1. The van der Waals surface area contributed by atoms with Gasteiger partial charge in [0.2, 0.25) is 0 Å². The monoisotopic (exact) mass is 216 g/mol. The van der Waals surface area contributed by atoms with Crippen LogP contribution in [0.25, 0.3) is 0 Å².